The first kappa shape index (κ1) is 10.7. The summed E-state index contributed by atoms with van der Waals surface area (Å²) < 4.78 is 0. The second-order valence-electron chi connectivity index (χ2n) is 3.91. The van der Waals surface area contributed by atoms with Crippen LogP contribution in [0.3, 0.4) is 0 Å². The molecule has 0 atom stereocenters. The number of rotatable bonds is 1. The maximum atomic E-state index is 5.39. The van der Waals surface area contributed by atoms with Crippen LogP contribution in [0.1, 0.15) is 23.3 Å². The minimum Gasteiger partial charge on any atom is -0.759 e. The van der Waals surface area contributed by atoms with Gasteiger partial charge in [0.05, 0.1) is 0 Å². The zero-order valence-electron chi connectivity index (χ0n) is 8.95. The summed E-state index contributed by atoms with van der Waals surface area (Å²) in [4.78, 5) is 11.5. The van der Waals surface area contributed by atoms with Crippen LogP contribution >= 0.6 is 23.1 Å². The van der Waals surface area contributed by atoms with Crippen molar-refractivity contribution in [3.05, 3.63) is 10.4 Å². The minimum atomic E-state index is 0.744. The van der Waals surface area contributed by atoms with Crippen molar-refractivity contribution in [2.45, 2.75) is 35.9 Å². The molecule has 2 aromatic rings. The van der Waals surface area contributed by atoms with E-state index < -0.39 is 0 Å². The molecule has 2 aromatic heterocycles. The van der Waals surface area contributed by atoms with Crippen molar-refractivity contribution in [2.75, 3.05) is 6.26 Å². The molecule has 16 heavy (non-hydrogen) atoms. The smallest absolute Gasteiger partial charge is 0.187 e. The van der Waals surface area contributed by atoms with E-state index in [0.717, 1.165) is 26.8 Å². The largest absolute Gasteiger partial charge is 0.759 e. The van der Waals surface area contributed by atoms with Crippen molar-refractivity contribution in [1.29, 1.82) is 0 Å². The number of thioether (sulfide) groups is 1. The van der Waals surface area contributed by atoms with Gasteiger partial charge >= 0.3 is 0 Å². The second kappa shape index (κ2) is 4.13. The summed E-state index contributed by atoms with van der Waals surface area (Å²) in [6.07, 6.45) is 6.91. The predicted octanol–water partition coefficient (Wildman–Crippen LogP) is 3.20. The number of thiophene rings is 1. The van der Waals surface area contributed by atoms with Crippen LogP contribution in [-0.2, 0) is 25.5 Å². The minimum absolute atomic E-state index is 0.744. The molecule has 0 fully saturated rings. The lowest BCUT2D eigenvalue weighted by molar-refractivity contribution is 0.699. The third-order valence-electron chi connectivity index (χ3n) is 2.94. The first-order chi connectivity index (χ1) is 7.79. The Hall–Kier alpha value is -0.390. The van der Waals surface area contributed by atoms with Gasteiger partial charge in [0.25, 0.3) is 0 Å². The molecule has 2 heterocycles. The van der Waals surface area contributed by atoms with Crippen LogP contribution in [0.2, 0.25) is 0 Å². The van der Waals surface area contributed by atoms with E-state index in [0.29, 0.717) is 0 Å². The van der Waals surface area contributed by atoms with E-state index in [2.05, 4.69) is 9.97 Å². The topological polar surface area (TPSA) is 25.8 Å². The summed E-state index contributed by atoms with van der Waals surface area (Å²) >= 11 is 8.76. The van der Waals surface area contributed by atoms with Crippen molar-refractivity contribution in [2.24, 2.45) is 0 Å². The van der Waals surface area contributed by atoms with Crippen molar-refractivity contribution < 1.29 is 0 Å². The van der Waals surface area contributed by atoms with Crippen LogP contribution < -0.4 is 0 Å². The Labute approximate surface area is 108 Å². The van der Waals surface area contributed by atoms with Gasteiger partial charge in [0.15, 0.2) is 5.16 Å². The van der Waals surface area contributed by atoms with E-state index >= 15 is 0 Å². The first-order valence-corrected chi connectivity index (χ1v) is 7.78. The van der Waals surface area contributed by atoms with Gasteiger partial charge in [0.2, 0.25) is 0 Å². The fourth-order valence-corrected chi connectivity index (χ4v) is 4.31. The second-order valence-corrected chi connectivity index (χ2v) is 6.15. The van der Waals surface area contributed by atoms with E-state index in [1.165, 1.54) is 29.7 Å². The molecule has 84 valence electrons. The molecule has 5 heteroatoms. The fourth-order valence-electron chi connectivity index (χ4n) is 2.20. The summed E-state index contributed by atoms with van der Waals surface area (Å²) in [5.74, 6) is 0. The summed E-state index contributed by atoms with van der Waals surface area (Å²) in [5, 5.41) is 2.71. The zero-order valence-corrected chi connectivity index (χ0v) is 11.4. The molecule has 0 radical (unpaired) electrons. The molecule has 0 spiro atoms. The number of nitrogens with zero attached hydrogens (tertiary/aromatic N) is 2. The number of fused-ring (bicyclic) bond motifs is 3. The fraction of sp³-hybridized carbons (Fsp3) is 0.455. The Kier molecular flexibility index (Phi) is 2.77. The standard InChI is InChI=1S/C11H12N2S3/c1-15-11-12-9(14)8-6-4-2-3-5-7(6)16-10(8)13-11/h2-5H2,1H3,(H,12,13,14)/p-1. The highest BCUT2D eigenvalue weighted by molar-refractivity contribution is 7.98. The van der Waals surface area contributed by atoms with Crippen LogP contribution in [-0.4, -0.2) is 16.2 Å². The van der Waals surface area contributed by atoms with Gasteiger partial charge in [0, 0.05) is 10.3 Å². The van der Waals surface area contributed by atoms with Crippen molar-refractivity contribution in [3.8, 4) is 0 Å². The molecule has 2 nitrogen and oxygen atoms in total. The maximum Gasteiger partial charge on any atom is 0.187 e. The predicted molar refractivity (Wildman–Crippen MR) is 71.5 cm³/mol. The van der Waals surface area contributed by atoms with Crippen molar-refractivity contribution >= 4 is 45.9 Å². The van der Waals surface area contributed by atoms with Gasteiger partial charge in [0.1, 0.15) is 4.83 Å². The van der Waals surface area contributed by atoms with Crippen LogP contribution in [0.5, 0.6) is 0 Å². The molecule has 0 amide bonds. The molecule has 1 aliphatic rings. The quantitative estimate of drug-likeness (QED) is 0.343. The maximum absolute atomic E-state index is 5.39. The monoisotopic (exact) mass is 267 g/mol. The molecule has 0 saturated heterocycles. The third kappa shape index (κ3) is 1.61. The number of aryl methyl sites for hydroxylation is 2. The molecule has 0 bridgehead atoms. The Morgan fingerprint density at radius 1 is 1.25 bits per heavy atom. The van der Waals surface area contributed by atoms with Crippen LogP contribution in [0.15, 0.2) is 10.2 Å². The molecule has 0 aliphatic heterocycles. The summed E-state index contributed by atoms with van der Waals surface area (Å²) in [5.41, 5.74) is 1.43. The lowest BCUT2D eigenvalue weighted by Crippen LogP contribution is -1.99. The molecule has 0 N–H and O–H groups in total. The van der Waals surface area contributed by atoms with Gasteiger partial charge in [-0.3, -0.25) is 4.98 Å². The molecule has 0 aromatic carbocycles. The van der Waals surface area contributed by atoms with Crippen molar-refractivity contribution in [3.63, 3.8) is 0 Å². The lowest BCUT2D eigenvalue weighted by Gasteiger charge is -2.13. The summed E-state index contributed by atoms with van der Waals surface area (Å²) in [6, 6.07) is 0. The van der Waals surface area contributed by atoms with E-state index in [4.69, 9.17) is 12.6 Å². The number of hydrogen-bond acceptors (Lipinski definition) is 5. The third-order valence-corrected chi connectivity index (χ3v) is 4.97. The Morgan fingerprint density at radius 3 is 2.88 bits per heavy atom. The van der Waals surface area contributed by atoms with Crippen LogP contribution in [0.25, 0.3) is 10.2 Å². The normalized spacial score (nSPS) is 15.3. The summed E-state index contributed by atoms with van der Waals surface area (Å²) in [6.45, 7) is 0. The van der Waals surface area contributed by atoms with Gasteiger partial charge in [-0.05, 0) is 37.5 Å². The highest BCUT2D eigenvalue weighted by atomic mass is 32.2. The zero-order chi connectivity index (χ0) is 11.1. The van der Waals surface area contributed by atoms with Crippen LogP contribution in [0, 0.1) is 0 Å². The molecular weight excluding hydrogens is 256 g/mol. The average Bonchev–Trinajstić information content (AvgIpc) is 2.67. The van der Waals surface area contributed by atoms with E-state index in [9.17, 15) is 0 Å². The van der Waals surface area contributed by atoms with E-state index in [-0.39, 0.29) is 0 Å². The van der Waals surface area contributed by atoms with E-state index in [1.807, 2.05) is 17.6 Å². The number of hydrogen-bond donors (Lipinski definition) is 0. The SMILES string of the molecule is CSc1nc([S-])c2c3c(sc2n1)CCCC3. The molecule has 0 unspecified atom stereocenters. The van der Waals surface area contributed by atoms with Crippen LogP contribution in [0.4, 0.5) is 0 Å². The highest BCUT2D eigenvalue weighted by Crippen LogP contribution is 2.37. The van der Waals surface area contributed by atoms with E-state index in [1.54, 1.807) is 11.8 Å². The molecule has 0 saturated carbocycles. The Morgan fingerprint density at radius 2 is 2.06 bits per heavy atom. The molecule has 1 aliphatic carbocycles. The van der Waals surface area contributed by atoms with Gasteiger partial charge < -0.3 is 12.6 Å². The molecular formula is C11H11N2S3-. The van der Waals surface area contributed by atoms with Gasteiger partial charge in [-0.25, -0.2) is 4.98 Å². The molecule has 3 rings (SSSR count). The Bertz CT molecular complexity index is 548. The lowest BCUT2D eigenvalue weighted by atomic mass is 9.97. The Balaban J connectivity index is 2.30. The van der Waals surface area contributed by atoms with Crippen molar-refractivity contribution in [1.82, 2.24) is 9.97 Å². The van der Waals surface area contributed by atoms with Gasteiger partial charge in [-0.2, -0.15) is 0 Å². The van der Waals surface area contributed by atoms with Gasteiger partial charge in [-0.15, -0.1) is 11.3 Å². The summed E-state index contributed by atoms with van der Waals surface area (Å²) in [7, 11) is 0. The first-order valence-electron chi connectivity index (χ1n) is 5.33. The highest BCUT2D eigenvalue weighted by Gasteiger charge is 2.17. The number of aromatic nitrogens is 2. The average molecular weight is 267 g/mol. The van der Waals surface area contributed by atoms with Gasteiger partial charge in [-0.1, -0.05) is 16.8 Å².